The highest BCUT2D eigenvalue weighted by molar-refractivity contribution is 8.00. The molecule has 18 heavy (non-hydrogen) atoms. The molecule has 0 radical (unpaired) electrons. The third-order valence-corrected chi connectivity index (χ3v) is 5.33. The van der Waals surface area contributed by atoms with Gasteiger partial charge in [-0.25, -0.2) is 0 Å². The van der Waals surface area contributed by atoms with Crippen molar-refractivity contribution in [3.05, 3.63) is 0 Å². The molecule has 1 heterocycles. The Kier molecular flexibility index (Phi) is 6.29. The van der Waals surface area contributed by atoms with Gasteiger partial charge in [-0.15, -0.1) is 0 Å². The molecule has 2 aliphatic rings. The van der Waals surface area contributed by atoms with Crippen LogP contribution < -0.4 is 0 Å². The van der Waals surface area contributed by atoms with Gasteiger partial charge >= 0.3 is 0 Å². The van der Waals surface area contributed by atoms with Gasteiger partial charge < -0.3 is 9.47 Å². The van der Waals surface area contributed by atoms with Crippen molar-refractivity contribution >= 4 is 11.8 Å². The largest absolute Gasteiger partial charge is 0.352 e. The van der Waals surface area contributed by atoms with E-state index in [0.717, 1.165) is 31.1 Å². The van der Waals surface area contributed by atoms with E-state index in [1.165, 1.54) is 38.0 Å². The molecule has 2 fully saturated rings. The Morgan fingerprint density at radius 2 is 1.89 bits per heavy atom. The van der Waals surface area contributed by atoms with Crippen molar-refractivity contribution in [3.63, 3.8) is 0 Å². The number of hydrogen-bond acceptors (Lipinski definition) is 4. The summed E-state index contributed by atoms with van der Waals surface area (Å²) in [7, 11) is 0. The van der Waals surface area contributed by atoms with Gasteiger partial charge in [0.2, 0.25) is 0 Å². The van der Waals surface area contributed by atoms with Crippen LogP contribution in [0.1, 0.15) is 39.5 Å². The third kappa shape index (κ3) is 3.86. The predicted octanol–water partition coefficient (Wildman–Crippen LogP) is 2.75. The molecule has 1 saturated heterocycles. The second-order valence-corrected chi connectivity index (χ2v) is 6.44. The molecule has 2 atom stereocenters. The number of nitrogens with zero attached hydrogens (tertiary/aromatic N) is 1. The molecule has 1 aliphatic carbocycles. The lowest BCUT2D eigenvalue weighted by molar-refractivity contribution is -0.151. The summed E-state index contributed by atoms with van der Waals surface area (Å²) in [6.45, 7) is 7.71. The van der Waals surface area contributed by atoms with Crippen LogP contribution in [0.5, 0.6) is 0 Å². The van der Waals surface area contributed by atoms with Crippen LogP contribution in [0.4, 0.5) is 0 Å². The van der Waals surface area contributed by atoms with E-state index in [2.05, 4.69) is 16.7 Å². The van der Waals surface area contributed by atoms with Gasteiger partial charge in [0.05, 0.1) is 0 Å². The van der Waals surface area contributed by atoms with Crippen LogP contribution in [0.15, 0.2) is 0 Å². The van der Waals surface area contributed by atoms with E-state index >= 15 is 0 Å². The van der Waals surface area contributed by atoms with Gasteiger partial charge in [-0.3, -0.25) is 4.90 Å². The molecule has 0 bridgehead atoms. The average Bonchev–Trinajstić information content (AvgIpc) is 2.40. The maximum Gasteiger partial charge on any atom is 0.170 e. The van der Waals surface area contributed by atoms with Crippen LogP contribution in [0, 0.1) is 0 Å². The molecule has 4 heteroatoms. The van der Waals surface area contributed by atoms with Crippen molar-refractivity contribution in [1.82, 2.24) is 4.90 Å². The van der Waals surface area contributed by atoms with Crippen LogP contribution in [-0.4, -0.2) is 54.5 Å². The number of fused-ring (bicyclic) bond motifs is 1. The van der Waals surface area contributed by atoms with E-state index in [9.17, 15) is 0 Å². The smallest absolute Gasteiger partial charge is 0.170 e. The Morgan fingerprint density at radius 3 is 2.61 bits per heavy atom. The molecule has 2 rings (SSSR count). The van der Waals surface area contributed by atoms with Crippen molar-refractivity contribution in [2.75, 3.05) is 32.1 Å². The van der Waals surface area contributed by atoms with Crippen LogP contribution in [-0.2, 0) is 9.47 Å². The summed E-state index contributed by atoms with van der Waals surface area (Å²) in [5.74, 6) is 1.27. The van der Waals surface area contributed by atoms with Crippen LogP contribution >= 0.6 is 11.8 Å². The van der Waals surface area contributed by atoms with Crippen molar-refractivity contribution in [3.8, 4) is 0 Å². The standard InChI is InChI=1S/C14H27NO2S/c1-3-16-14(17-4-2)11-15-9-10-18-13-8-6-5-7-12(13)15/h12-14H,3-11H2,1-2H3/t12-,13+/m0/s1. The van der Waals surface area contributed by atoms with Crippen LogP contribution in [0.2, 0.25) is 0 Å². The molecule has 0 spiro atoms. The Morgan fingerprint density at radius 1 is 1.17 bits per heavy atom. The second kappa shape index (κ2) is 7.73. The van der Waals surface area contributed by atoms with Crippen molar-refractivity contribution in [1.29, 1.82) is 0 Å². The highest BCUT2D eigenvalue weighted by Gasteiger charge is 2.34. The van der Waals surface area contributed by atoms with Gasteiger partial charge in [0.1, 0.15) is 0 Å². The number of rotatable bonds is 6. The molecule has 0 aromatic rings. The number of ether oxygens (including phenoxy) is 2. The van der Waals surface area contributed by atoms with Crippen LogP contribution in [0.25, 0.3) is 0 Å². The first-order valence-electron chi connectivity index (χ1n) is 7.44. The maximum atomic E-state index is 5.69. The third-order valence-electron chi connectivity index (χ3n) is 3.94. The van der Waals surface area contributed by atoms with Crippen molar-refractivity contribution in [2.45, 2.75) is 57.1 Å². The fourth-order valence-corrected chi connectivity index (χ4v) is 4.63. The Bertz CT molecular complexity index is 232. The highest BCUT2D eigenvalue weighted by Crippen LogP contribution is 2.35. The summed E-state index contributed by atoms with van der Waals surface area (Å²) < 4.78 is 11.4. The molecular weight excluding hydrogens is 246 g/mol. The molecular formula is C14H27NO2S. The summed E-state index contributed by atoms with van der Waals surface area (Å²) in [6.07, 6.45) is 5.54. The van der Waals surface area contributed by atoms with Gasteiger partial charge in [-0.05, 0) is 26.7 Å². The van der Waals surface area contributed by atoms with Gasteiger partial charge in [0.15, 0.2) is 6.29 Å². The van der Waals surface area contributed by atoms with Crippen LogP contribution in [0.3, 0.4) is 0 Å². The zero-order valence-corrected chi connectivity index (χ0v) is 12.6. The first-order valence-corrected chi connectivity index (χ1v) is 8.48. The fraction of sp³-hybridized carbons (Fsp3) is 1.00. The van der Waals surface area contributed by atoms with E-state index in [1.54, 1.807) is 0 Å². The molecule has 0 unspecified atom stereocenters. The number of thioether (sulfide) groups is 1. The van der Waals surface area contributed by atoms with E-state index in [4.69, 9.17) is 9.47 Å². The summed E-state index contributed by atoms with van der Waals surface area (Å²) in [4.78, 5) is 2.62. The van der Waals surface area contributed by atoms with E-state index in [-0.39, 0.29) is 6.29 Å². The normalized spacial score (nSPS) is 29.5. The quantitative estimate of drug-likeness (QED) is 0.694. The molecule has 0 aromatic heterocycles. The lowest BCUT2D eigenvalue weighted by Gasteiger charge is -2.44. The zero-order chi connectivity index (χ0) is 12.8. The Balaban J connectivity index is 1.88. The minimum absolute atomic E-state index is 0.0364. The lowest BCUT2D eigenvalue weighted by Crippen LogP contribution is -2.52. The molecule has 106 valence electrons. The van der Waals surface area contributed by atoms with Gasteiger partial charge in [-0.1, -0.05) is 12.8 Å². The molecule has 0 aromatic carbocycles. The minimum Gasteiger partial charge on any atom is -0.352 e. The topological polar surface area (TPSA) is 21.7 Å². The first kappa shape index (κ1) is 14.6. The summed E-state index contributed by atoms with van der Waals surface area (Å²) in [5, 5.41) is 0.858. The van der Waals surface area contributed by atoms with Gasteiger partial charge in [0, 0.05) is 43.3 Å². The fourth-order valence-electron chi connectivity index (χ4n) is 3.12. The van der Waals surface area contributed by atoms with Crippen molar-refractivity contribution < 1.29 is 9.47 Å². The average molecular weight is 273 g/mol. The Labute approximate surface area is 116 Å². The maximum absolute atomic E-state index is 5.69. The molecule has 1 aliphatic heterocycles. The monoisotopic (exact) mass is 273 g/mol. The highest BCUT2D eigenvalue weighted by atomic mass is 32.2. The van der Waals surface area contributed by atoms with Gasteiger partial charge in [0.25, 0.3) is 0 Å². The summed E-state index contributed by atoms with van der Waals surface area (Å²) >= 11 is 2.18. The zero-order valence-electron chi connectivity index (χ0n) is 11.8. The van der Waals surface area contributed by atoms with Gasteiger partial charge in [-0.2, -0.15) is 11.8 Å². The number of hydrogen-bond donors (Lipinski definition) is 0. The molecule has 3 nitrogen and oxygen atoms in total. The Hall–Kier alpha value is 0.230. The SMILES string of the molecule is CCOC(CN1CCS[C@@H]2CCCC[C@@H]21)OCC. The van der Waals surface area contributed by atoms with E-state index in [1.807, 2.05) is 13.8 Å². The summed E-state index contributed by atoms with van der Waals surface area (Å²) in [5.41, 5.74) is 0. The first-order chi connectivity index (χ1) is 8.85. The van der Waals surface area contributed by atoms with E-state index < -0.39 is 0 Å². The minimum atomic E-state index is -0.0364. The predicted molar refractivity (Wildman–Crippen MR) is 77.1 cm³/mol. The molecule has 1 saturated carbocycles. The summed E-state index contributed by atoms with van der Waals surface area (Å²) in [6, 6.07) is 0.765. The molecule has 0 N–H and O–H groups in total. The lowest BCUT2D eigenvalue weighted by atomic mass is 9.93. The van der Waals surface area contributed by atoms with Crippen molar-refractivity contribution in [2.24, 2.45) is 0 Å². The molecule has 0 amide bonds. The second-order valence-electron chi connectivity index (χ2n) is 5.10. The van der Waals surface area contributed by atoms with E-state index in [0.29, 0.717) is 0 Å².